The molecular weight excluding hydrogens is 740 g/mol. The Bertz CT molecular complexity index is 2680. The molecule has 4 aromatic carbocycles. The number of halogens is 1. The largest absolute Gasteiger partial charge is 0.389 e. The number of aliphatic hydroxyl groups is 2. The summed E-state index contributed by atoms with van der Waals surface area (Å²) in [6, 6.07) is 23.6. The number of aromatic nitrogens is 2. The van der Waals surface area contributed by atoms with Gasteiger partial charge in [0.2, 0.25) is 0 Å². The number of aromatic amines is 2. The molecule has 0 bridgehead atoms. The van der Waals surface area contributed by atoms with Gasteiger partial charge in [0.1, 0.15) is 0 Å². The molecule has 2 atom stereocenters. The Morgan fingerprint density at radius 2 is 1.19 bits per heavy atom. The van der Waals surface area contributed by atoms with Gasteiger partial charge in [0.15, 0.2) is 0 Å². The Morgan fingerprint density at radius 1 is 0.660 bits per heavy atom. The smallest absolute Gasteiger partial charge is 0.264 e. The summed E-state index contributed by atoms with van der Waals surface area (Å²) in [5, 5.41) is 24.1. The summed E-state index contributed by atoms with van der Waals surface area (Å²) in [5.41, 5.74) is 5.06. The predicted molar refractivity (Wildman–Crippen MR) is 207 cm³/mol. The van der Waals surface area contributed by atoms with Crippen LogP contribution in [-0.2, 0) is 31.9 Å². The minimum atomic E-state index is -3.84. The molecule has 6 aromatic rings. The van der Waals surface area contributed by atoms with Gasteiger partial charge >= 0.3 is 0 Å². The number of aliphatic hydroxyl groups excluding tert-OH is 2. The molecule has 0 saturated heterocycles. The fourth-order valence-electron chi connectivity index (χ4n) is 6.78. The van der Waals surface area contributed by atoms with Crippen LogP contribution < -0.4 is 20.7 Å². The molecule has 0 radical (unpaired) electrons. The van der Waals surface area contributed by atoms with E-state index in [-0.39, 0.29) is 27.0 Å². The Hall–Kier alpha value is -4.99. The van der Waals surface area contributed by atoms with Gasteiger partial charge in [0.05, 0.1) is 27.7 Å². The normalized spacial score (nSPS) is 14.6. The topological polar surface area (TPSA) is 190 Å². The van der Waals surface area contributed by atoms with Gasteiger partial charge in [-0.15, -0.1) is 0 Å². The molecule has 0 amide bonds. The molecule has 2 aromatic heterocycles. The van der Waals surface area contributed by atoms with Crippen LogP contribution in [0.1, 0.15) is 48.3 Å². The first-order chi connectivity index (χ1) is 25.2. The molecule has 0 fully saturated rings. The van der Waals surface area contributed by atoms with Gasteiger partial charge in [-0.25, -0.2) is 16.8 Å². The van der Waals surface area contributed by atoms with E-state index in [1.807, 2.05) is 25.1 Å². The van der Waals surface area contributed by atoms with Crippen molar-refractivity contribution < 1.29 is 27.0 Å². The summed E-state index contributed by atoms with van der Waals surface area (Å²) in [7, 11) is -2.42. The fraction of sp³-hybridized carbons (Fsp3) is 0.211. The number of anilines is 2. The number of pyridine rings is 2. The lowest BCUT2D eigenvalue weighted by Gasteiger charge is -2.21. The zero-order chi connectivity index (χ0) is 38.1. The van der Waals surface area contributed by atoms with E-state index in [1.165, 1.54) is 52.2 Å². The number of nitrogens with zero attached hydrogens (tertiary/aromatic N) is 1. The highest BCUT2D eigenvalue weighted by molar-refractivity contribution is 8.14. The molecule has 0 aliphatic carbocycles. The monoisotopic (exact) mass is 776 g/mol. The van der Waals surface area contributed by atoms with Crippen molar-refractivity contribution in [2.75, 3.05) is 22.7 Å². The lowest BCUT2D eigenvalue weighted by atomic mass is 10.0. The summed E-state index contributed by atoms with van der Waals surface area (Å²) < 4.78 is 50.5. The van der Waals surface area contributed by atoms with Crippen LogP contribution in [0.3, 0.4) is 0 Å². The van der Waals surface area contributed by atoms with Gasteiger partial charge < -0.3 is 25.5 Å². The average molecular weight is 777 g/mol. The minimum Gasteiger partial charge on any atom is -0.389 e. The van der Waals surface area contributed by atoms with E-state index in [2.05, 4.69) is 21.4 Å². The number of rotatable bonds is 5. The molecule has 2 aliphatic rings. The van der Waals surface area contributed by atoms with Crippen molar-refractivity contribution in [1.29, 1.82) is 0 Å². The third-order valence-corrected chi connectivity index (χ3v) is 12.5. The summed E-state index contributed by atoms with van der Waals surface area (Å²) in [4.78, 5) is 28.5. The second-order valence-corrected chi connectivity index (χ2v) is 16.9. The summed E-state index contributed by atoms with van der Waals surface area (Å²) in [6.45, 7) is 4.79. The molecule has 5 N–H and O–H groups in total. The van der Waals surface area contributed by atoms with E-state index in [1.54, 1.807) is 43.3 Å². The van der Waals surface area contributed by atoms with Crippen molar-refractivity contribution in [2.45, 2.75) is 48.7 Å². The van der Waals surface area contributed by atoms with Gasteiger partial charge in [-0.1, -0.05) is 36.4 Å². The van der Waals surface area contributed by atoms with Gasteiger partial charge in [0, 0.05) is 63.4 Å². The molecule has 15 heteroatoms. The number of hydrogen-bond donors (Lipinski definition) is 5. The zero-order valence-corrected chi connectivity index (χ0v) is 31.1. The first-order valence-electron chi connectivity index (χ1n) is 16.7. The van der Waals surface area contributed by atoms with Crippen molar-refractivity contribution >= 4 is 62.7 Å². The maximum atomic E-state index is 13.4. The quantitative estimate of drug-likeness (QED) is 0.141. The number of fused-ring (bicyclic) bond motifs is 4. The lowest BCUT2D eigenvalue weighted by Crippen LogP contribution is -2.29. The molecule has 53 heavy (non-hydrogen) atoms. The number of benzene rings is 4. The highest BCUT2D eigenvalue weighted by Crippen LogP contribution is 2.38. The van der Waals surface area contributed by atoms with Gasteiger partial charge in [-0.2, -0.15) is 0 Å². The van der Waals surface area contributed by atoms with E-state index in [0.29, 0.717) is 40.2 Å². The molecule has 2 aliphatic heterocycles. The van der Waals surface area contributed by atoms with Crippen LogP contribution in [0.2, 0.25) is 0 Å². The third kappa shape index (κ3) is 7.59. The molecule has 8 rings (SSSR count). The maximum Gasteiger partial charge on any atom is 0.264 e. The predicted octanol–water partition coefficient (Wildman–Crippen LogP) is 5.50. The lowest BCUT2D eigenvalue weighted by molar-refractivity contribution is 0.198. The number of sulfonamides is 1. The van der Waals surface area contributed by atoms with Crippen molar-refractivity contribution in [3.05, 3.63) is 140 Å². The first kappa shape index (κ1) is 37.8. The summed E-state index contributed by atoms with van der Waals surface area (Å²) in [5.74, 6) is 0. The van der Waals surface area contributed by atoms with E-state index >= 15 is 0 Å². The van der Waals surface area contributed by atoms with Gasteiger partial charge in [-0.05, 0) is 97.5 Å². The molecule has 0 spiro atoms. The van der Waals surface area contributed by atoms with E-state index < -0.39 is 25.2 Å². The Kier molecular flexibility index (Phi) is 10.8. The van der Waals surface area contributed by atoms with Crippen LogP contribution in [0.15, 0.2) is 117 Å². The van der Waals surface area contributed by atoms with Crippen LogP contribution in [0.25, 0.3) is 21.5 Å². The molecule has 276 valence electrons. The number of hydrogen-bond acceptors (Lipinski definition) is 9. The Balaban J connectivity index is 0.000000150. The van der Waals surface area contributed by atoms with Gasteiger partial charge in [0.25, 0.3) is 30.2 Å². The maximum absolute atomic E-state index is 13.4. The Morgan fingerprint density at radius 3 is 1.77 bits per heavy atom. The summed E-state index contributed by atoms with van der Waals surface area (Å²) in [6.07, 6.45) is 3.41. The van der Waals surface area contributed by atoms with Crippen molar-refractivity contribution in [3.8, 4) is 0 Å². The van der Waals surface area contributed by atoms with Crippen molar-refractivity contribution in [1.82, 2.24) is 9.97 Å². The zero-order valence-electron chi connectivity index (χ0n) is 28.7. The fourth-order valence-corrected chi connectivity index (χ4v) is 9.57. The SMILES string of the molecule is CC(O)c1cccc2c1CCN2.CC(O)c1cccc2c1CCN2S(=O)(=O)c1cccc2c(=O)[nH]ccc12.O=c1[nH]ccc2c(S(=O)(=O)Cl)cccc12. The third-order valence-electron chi connectivity index (χ3n) is 9.21. The minimum absolute atomic E-state index is 0.0484. The standard InChI is InChI=1S/C19H18N2O4S.C10H13NO.C9H6ClNO3S/c1-12(22)13-4-2-6-17-14(13)9-11-21(17)26(24,25)18-7-3-5-16-15(18)8-10-20-19(16)23;1-7(12)8-3-2-4-10-9(8)5-6-11-10;10-15(13,14)8-3-1-2-7-6(8)4-5-11-9(7)12/h2-8,10,12,22H,9,11H2,1H3,(H,20,23);2-4,7,11-12H,5-6H2,1H3;1-5H,(H,11,12). The first-order valence-corrected chi connectivity index (χ1v) is 20.5. The average Bonchev–Trinajstić information content (AvgIpc) is 3.80. The van der Waals surface area contributed by atoms with Crippen molar-refractivity contribution in [3.63, 3.8) is 0 Å². The highest BCUT2D eigenvalue weighted by Gasteiger charge is 2.33. The van der Waals surface area contributed by atoms with E-state index in [9.17, 15) is 36.6 Å². The number of H-pyrrole nitrogens is 2. The number of nitrogens with one attached hydrogen (secondary N) is 3. The van der Waals surface area contributed by atoms with Crippen LogP contribution in [0, 0.1) is 0 Å². The van der Waals surface area contributed by atoms with Crippen LogP contribution in [-0.4, -0.2) is 50.1 Å². The van der Waals surface area contributed by atoms with Crippen LogP contribution in [0.4, 0.5) is 11.4 Å². The summed E-state index contributed by atoms with van der Waals surface area (Å²) >= 11 is 0. The van der Waals surface area contributed by atoms with Gasteiger partial charge in [-0.3, -0.25) is 13.9 Å². The van der Waals surface area contributed by atoms with Crippen LogP contribution >= 0.6 is 10.7 Å². The van der Waals surface area contributed by atoms with Crippen molar-refractivity contribution in [2.24, 2.45) is 0 Å². The molecule has 4 heterocycles. The molecular formula is C38H37ClN4O8S2. The molecule has 0 saturated carbocycles. The van der Waals surface area contributed by atoms with Crippen LogP contribution in [0.5, 0.6) is 0 Å². The Labute approximate surface area is 310 Å². The second-order valence-electron chi connectivity index (χ2n) is 12.6. The molecule has 12 nitrogen and oxygen atoms in total. The molecule has 2 unspecified atom stereocenters. The van der Waals surface area contributed by atoms with E-state index in [0.717, 1.165) is 29.7 Å². The highest BCUT2D eigenvalue weighted by atomic mass is 35.7. The second kappa shape index (κ2) is 15.2. The van der Waals surface area contributed by atoms with E-state index in [4.69, 9.17) is 10.7 Å².